The number of nitrogens with one attached hydrogen (secondary N) is 1. The SMILES string of the molecule is Cc1ccc(S(=O)(=O)NCc2c3c(cc4c2OCC4)OCC3)s1. The maximum atomic E-state index is 12.4. The highest BCUT2D eigenvalue weighted by Gasteiger charge is 2.27. The van der Waals surface area contributed by atoms with E-state index in [4.69, 9.17) is 9.47 Å². The quantitative estimate of drug-likeness (QED) is 0.919. The molecule has 0 aliphatic carbocycles. The summed E-state index contributed by atoms with van der Waals surface area (Å²) in [5.41, 5.74) is 3.09. The minimum Gasteiger partial charge on any atom is -0.493 e. The Balaban J connectivity index is 1.65. The molecule has 1 N–H and O–H groups in total. The van der Waals surface area contributed by atoms with Gasteiger partial charge in [-0.25, -0.2) is 13.1 Å². The Morgan fingerprint density at radius 3 is 2.83 bits per heavy atom. The highest BCUT2D eigenvalue weighted by molar-refractivity contribution is 7.91. The Kier molecular flexibility index (Phi) is 3.59. The third-order valence-electron chi connectivity index (χ3n) is 4.18. The zero-order valence-corrected chi connectivity index (χ0v) is 14.4. The fourth-order valence-corrected chi connectivity index (χ4v) is 5.39. The molecule has 0 radical (unpaired) electrons. The molecule has 1 aromatic carbocycles. The molecule has 2 aromatic rings. The molecule has 1 aromatic heterocycles. The van der Waals surface area contributed by atoms with Crippen LogP contribution in [0, 0.1) is 6.92 Å². The first-order valence-electron chi connectivity index (χ1n) is 7.54. The summed E-state index contributed by atoms with van der Waals surface area (Å²) in [6.07, 6.45) is 1.64. The number of sulfonamides is 1. The van der Waals surface area contributed by atoms with Gasteiger partial charge in [-0.2, -0.15) is 0 Å². The largest absolute Gasteiger partial charge is 0.493 e. The smallest absolute Gasteiger partial charge is 0.250 e. The van der Waals surface area contributed by atoms with Crippen LogP contribution in [-0.4, -0.2) is 21.6 Å². The third kappa shape index (κ3) is 2.62. The summed E-state index contributed by atoms with van der Waals surface area (Å²) < 4.78 is 39.3. The van der Waals surface area contributed by atoms with Crippen molar-refractivity contribution in [2.75, 3.05) is 13.2 Å². The molecule has 4 rings (SSSR count). The highest BCUT2D eigenvalue weighted by atomic mass is 32.2. The van der Waals surface area contributed by atoms with Gasteiger partial charge in [0.05, 0.1) is 13.2 Å². The summed E-state index contributed by atoms with van der Waals surface area (Å²) >= 11 is 1.27. The number of fused-ring (bicyclic) bond motifs is 2. The lowest BCUT2D eigenvalue weighted by atomic mass is 10.00. The molecule has 0 amide bonds. The van der Waals surface area contributed by atoms with Crippen molar-refractivity contribution in [3.05, 3.63) is 39.8 Å². The first kappa shape index (κ1) is 15.0. The second-order valence-corrected chi connectivity index (χ2v) is 8.99. The molecule has 0 bridgehead atoms. The molecule has 3 heterocycles. The van der Waals surface area contributed by atoms with Crippen molar-refractivity contribution in [2.24, 2.45) is 0 Å². The average molecular weight is 351 g/mol. The van der Waals surface area contributed by atoms with Crippen LogP contribution in [0.3, 0.4) is 0 Å². The Hall–Kier alpha value is -1.57. The van der Waals surface area contributed by atoms with Crippen molar-refractivity contribution in [3.63, 3.8) is 0 Å². The van der Waals surface area contributed by atoms with Gasteiger partial charge in [0.15, 0.2) is 0 Å². The van der Waals surface area contributed by atoms with Crippen LogP contribution in [0.4, 0.5) is 0 Å². The molecule has 122 valence electrons. The van der Waals surface area contributed by atoms with E-state index in [1.807, 2.05) is 19.1 Å². The van der Waals surface area contributed by atoms with E-state index in [1.54, 1.807) is 6.07 Å². The number of ether oxygens (including phenoxy) is 2. The number of rotatable bonds is 4. The van der Waals surface area contributed by atoms with Crippen LogP contribution in [-0.2, 0) is 29.4 Å². The number of aryl methyl sites for hydroxylation is 1. The molecule has 0 saturated carbocycles. The summed E-state index contributed by atoms with van der Waals surface area (Å²) in [6, 6.07) is 5.49. The minimum absolute atomic E-state index is 0.230. The normalized spacial score (nSPS) is 15.9. The Morgan fingerprint density at radius 1 is 1.22 bits per heavy atom. The molecule has 0 spiro atoms. The van der Waals surface area contributed by atoms with Crippen LogP contribution in [0.5, 0.6) is 11.5 Å². The summed E-state index contributed by atoms with van der Waals surface area (Å²) in [5.74, 6) is 1.70. The summed E-state index contributed by atoms with van der Waals surface area (Å²) in [6.45, 7) is 3.41. The maximum Gasteiger partial charge on any atom is 0.250 e. The zero-order chi connectivity index (χ0) is 16.0. The van der Waals surface area contributed by atoms with E-state index in [0.29, 0.717) is 17.4 Å². The standard InChI is InChI=1S/C16H17NO4S2/c1-10-2-3-15(22-10)23(18,19)17-9-13-12-5-7-20-14(12)8-11-4-6-21-16(11)13/h2-3,8,17H,4-7,9H2,1H3. The zero-order valence-electron chi connectivity index (χ0n) is 12.7. The second kappa shape index (κ2) is 5.51. The Morgan fingerprint density at radius 2 is 2.04 bits per heavy atom. The topological polar surface area (TPSA) is 64.6 Å². The van der Waals surface area contributed by atoms with Crippen molar-refractivity contribution < 1.29 is 17.9 Å². The number of hydrogen-bond acceptors (Lipinski definition) is 5. The van der Waals surface area contributed by atoms with Crippen molar-refractivity contribution in [1.82, 2.24) is 4.72 Å². The Bertz CT molecular complexity index is 838. The molecule has 0 atom stereocenters. The number of hydrogen-bond donors (Lipinski definition) is 1. The van der Waals surface area contributed by atoms with Crippen LogP contribution in [0.2, 0.25) is 0 Å². The van der Waals surface area contributed by atoms with E-state index in [9.17, 15) is 8.42 Å². The number of thiophene rings is 1. The van der Waals surface area contributed by atoms with Gasteiger partial charge in [-0.1, -0.05) is 0 Å². The molecule has 5 nitrogen and oxygen atoms in total. The predicted molar refractivity (Wildman–Crippen MR) is 87.9 cm³/mol. The lowest BCUT2D eigenvalue weighted by Gasteiger charge is -2.13. The van der Waals surface area contributed by atoms with Crippen LogP contribution in [0.1, 0.15) is 21.6 Å². The third-order valence-corrected chi connectivity index (χ3v) is 7.07. The van der Waals surface area contributed by atoms with Crippen molar-refractivity contribution >= 4 is 21.4 Å². The number of benzene rings is 1. The summed E-state index contributed by atoms with van der Waals surface area (Å²) in [4.78, 5) is 0.976. The van der Waals surface area contributed by atoms with Gasteiger partial charge in [-0.15, -0.1) is 11.3 Å². The molecule has 7 heteroatoms. The van der Waals surface area contributed by atoms with E-state index in [0.717, 1.165) is 45.9 Å². The monoisotopic (exact) mass is 351 g/mol. The molecule has 2 aliphatic heterocycles. The average Bonchev–Trinajstić information content (AvgIpc) is 3.22. The molecule has 0 saturated heterocycles. The van der Waals surface area contributed by atoms with Gasteiger partial charge in [0.2, 0.25) is 10.0 Å². The highest BCUT2D eigenvalue weighted by Crippen LogP contribution is 2.40. The molecule has 0 unspecified atom stereocenters. The van der Waals surface area contributed by atoms with Gasteiger partial charge in [-0.05, 0) is 25.1 Å². The Labute approximate surface area is 139 Å². The van der Waals surface area contributed by atoms with Crippen molar-refractivity contribution in [1.29, 1.82) is 0 Å². The van der Waals surface area contributed by atoms with Gasteiger partial charge in [0.25, 0.3) is 0 Å². The van der Waals surface area contributed by atoms with Gasteiger partial charge < -0.3 is 9.47 Å². The van der Waals surface area contributed by atoms with E-state index in [1.165, 1.54) is 11.3 Å². The first-order chi connectivity index (χ1) is 11.0. The first-order valence-corrected chi connectivity index (χ1v) is 9.84. The lowest BCUT2D eigenvalue weighted by Crippen LogP contribution is -2.23. The fraction of sp³-hybridized carbons (Fsp3) is 0.375. The second-order valence-electron chi connectivity index (χ2n) is 5.71. The van der Waals surface area contributed by atoms with E-state index in [2.05, 4.69) is 4.72 Å². The van der Waals surface area contributed by atoms with Crippen LogP contribution < -0.4 is 14.2 Å². The van der Waals surface area contributed by atoms with E-state index >= 15 is 0 Å². The molecule has 2 aliphatic rings. The maximum absolute atomic E-state index is 12.4. The van der Waals surface area contributed by atoms with Crippen LogP contribution in [0.15, 0.2) is 22.4 Å². The van der Waals surface area contributed by atoms with Gasteiger partial charge in [-0.3, -0.25) is 0 Å². The van der Waals surface area contributed by atoms with Gasteiger partial charge in [0.1, 0.15) is 15.7 Å². The van der Waals surface area contributed by atoms with Gasteiger partial charge in [0, 0.05) is 41.0 Å². The summed E-state index contributed by atoms with van der Waals surface area (Å²) in [7, 11) is -3.50. The minimum atomic E-state index is -3.50. The molecule has 23 heavy (non-hydrogen) atoms. The predicted octanol–water partition coefficient (Wildman–Crippen LogP) is 2.40. The van der Waals surface area contributed by atoms with Crippen molar-refractivity contribution in [2.45, 2.75) is 30.5 Å². The van der Waals surface area contributed by atoms with E-state index in [-0.39, 0.29) is 6.54 Å². The van der Waals surface area contributed by atoms with Crippen LogP contribution in [0.25, 0.3) is 0 Å². The van der Waals surface area contributed by atoms with Crippen LogP contribution >= 0.6 is 11.3 Å². The lowest BCUT2D eigenvalue weighted by molar-refractivity contribution is 0.352. The summed E-state index contributed by atoms with van der Waals surface area (Å²) in [5, 5.41) is 0. The fourth-order valence-electron chi connectivity index (χ4n) is 3.07. The molecule has 0 fully saturated rings. The van der Waals surface area contributed by atoms with Gasteiger partial charge >= 0.3 is 0 Å². The van der Waals surface area contributed by atoms with E-state index < -0.39 is 10.0 Å². The molecular weight excluding hydrogens is 334 g/mol. The van der Waals surface area contributed by atoms with Crippen molar-refractivity contribution in [3.8, 4) is 11.5 Å². The molecular formula is C16H17NO4S2.